The summed E-state index contributed by atoms with van der Waals surface area (Å²) in [6, 6.07) is 5.36. The molecule has 0 radical (unpaired) electrons. The van der Waals surface area contributed by atoms with E-state index in [1.54, 1.807) is 22.7 Å². The highest BCUT2D eigenvalue weighted by molar-refractivity contribution is 7.98. The van der Waals surface area contributed by atoms with E-state index in [9.17, 15) is 4.79 Å². The lowest BCUT2D eigenvalue weighted by Gasteiger charge is -2.10. The zero-order valence-electron chi connectivity index (χ0n) is 15.3. The van der Waals surface area contributed by atoms with Crippen LogP contribution in [0.25, 0.3) is 5.78 Å². The molecule has 2 aromatic heterocycles. The van der Waals surface area contributed by atoms with Gasteiger partial charge in [0.1, 0.15) is 0 Å². The first-order chi connectivity index (χ1) is 13.0. The number of anilines is 1. The second kappa shape index (κ2) is 7.07. The Bertz CT molecular complexity index is 1030. The number of fused-ring (bicyclic) bond motifs is 2. The van der Waals surface area contributed by atoms with Crippen molar-refractivity contribution in [1.82, 2.24) is 19.6 Å². The largest absolute Gasteiger partial charge is 0.454 e. The fourth-order valence-electron chi connectivity index (χ4n) is 3.07. The summed E-state index contributed by atoms with van der Waals surface area (Å²) >= 11 is 1.48. The van der Waals surface area contributed by atoms with Gasteiger partial charge in [0, 0.05) is 29.6 Å². The number of benzene rings is 1. The predicted molar refractivity (Wildman–Crippen MR) is 102 cm³/mol. The molecule has 0 saturated heterocycles. The highest BCUT2D eigenvalue weighted by Crippen LogP contribution is 2.34. The van der Waals surface area contributed by atoms with Crippen molar-refractivity contribution in [3.8, 4) is 11.5 Å². The van der Waals surface area contributed by atoms with Gasteiger partial charge in [0.2, 0.25) is 17.9 Å². The van der Waals surface area contributed by atoms with Crippen LogP contribution in [0.2, 0.25) is 0 Å². The van der Waals surface area contributed by atoms with Crippen molar-refractivity contribution in [2.24, 2.45) is 0 Å². The third-order valence-electron chi connectivity index (χ3n) is 4.47. The van der Waals surface area contributed by atoms with Crippen LogP contribution in [-0.2, 0) is 11.2 Å². The zero-order valence-corrected chi connectivity index (χ0v) is 16.1. The van der Waals surface area contributed by atoms with E-state index in [0.29, 0.717) is 41.0 Å². The number of carbonyl (C=O) groups is 1. The number of hydrogen-bond donors (Lipinski definition) is 1. The average molecular weight is 385 g/mol. The molecule has 4 rings (SSSR count). The number of aromatic nitrogens is 4. The molecular formula is C18H19N5O3S. The molecule has 0 saturated carbocycles. The molecule has 1 aliphatic rings. The summed E-state index contributed by atoms with van der Waals surface area (Å²) in [7, 11) is 0. The van der Waals surface area contributed by atoms with Gasteiger partial charge < -0.3 is 14.8 Å². The van der Waals surface area contributed by atoms with E-state index in [1.165, 1.54) is 11.8 Å². The highest BCUT2D eigenvalue weighted by atomic mass is 32.2. The van der Waals surface area contributed by atoms with Crippen LogP contribution >= 0.6 is 11.8 Å². The van der Waals surface area contributed by atoms with Crippen LogP contribution in [0, 0.1) is 13.8 Å². The van der Waals surface area contributed by atoms with Crippen LogP contribution < -0.4 is 14.8 Å². The summed E-state index contributed by atoms with van der Waals surface area (Å²) in [5.41, 5.74) is 3.53. The minimum atomic E-state index is -0.0730. The van der Waals surface area contributed by atoms with Crippen LogP contribution in [0.15, 0.2) is 23.4 Å². The van der Waals surface area contributed by atoms with E-state index in [0.717, 1.165) is 17.0 Å². The molecular weight excluding hydrogens is 366 g/mol. The third-order valence-corrected chi connectivity index (χ3v) is 5.01. The number of nitrogens with zero attached hydrogens (tertiary/aromatic N) is 4. The maximum Gasteiger partial charge on any atom is 0.253 e. The molecule has 1 aromatic carbocycles. The Balaban J connectivity index is 1.47. The summed E-state index contributed by atoms with van der Waals surface area (Å²) in [6.07, 6.45) is 2.84. The van der Waals surface area contributed by atoms with Crippen molar-refractivity contribution in [3.05, 3.63) is 35.2 Å². The van der Waals surface area contributed by atoms with Gasteiger partial charge >= 0.3 is 0 Å². The van der Waals surface area contributed by atoms with E-state index in [1.807, 2.05) is 20.1 Å². The first-order valence-corrected chi connectivity index (χ1v) is 9.74. The Morgan fingerprint density at radius 2 is 2.07 bits per heavy atom. The number of carbonyl (C=O) groups excluding carboxylic acids is 1. The molecule has 1 aliphatic heterocycles. The minimum absolute atomic E-state index is 0.0730. The standard InChI is InChI=1S/C18H19N5O3S/c1-10-13(11(2)23-17(19-10)21-18(22-23)27-3)5-7-16(24)20-12-4-6-14-15(8-12)26-9-25-14/h4,6,8H,5,7,9H2,1-3H3,(H,20,24). The molecule has 3 aromatic rings. The van der Waals surface area contributed by atoms with Crippen molar-refractivity contribution in [1.29, 1.82) is 0 Å². The van der Waals surface area contributed by atoms with E-state index in [4.69, 9.17) is 9.47 Å². The molecule has 0 bridgehead atoms. The molecule has 0 aliphatic carbocycles. The Hall–Kier alpha value is -2.81. The van der Waals surface area contributed by atoms with Crippen molar-refractivity contribution in [2.75, 3.05) is 18.4 Å². The fraction of sp³-hybridized carbons (Fsp3) is 0.333. The lowest BCUT2D eigenvalue weighted by atomic mass is 10.1. The number of nitrogens with one attached hydrogen (secondary N) is 1. The van der Waals surface area contributed by atoms with Gasteiger partial charge in [0.05, 0.1) is 0 Å². The molecule has 0 fully saturated rings. The summed E-state index contributed by atoms with van der Waals surface area (Å²) in [4.78, 5) is 21.3. The van der Waals surface area contributed by atoms with Gasteiger partial charge in [-0.1, -0.05) is 11.8 Å². The molecule has 1 amide bonds. The Morgan fingerprint density at radius 1 is 1.26 bits per heavy atom. The van der Waals surface area contributed by atoms with Crippen LogP contribution in [0.1, 0.15) is 23.4 Å². The lowest BCUT2D eigenvalue weighted by Crippen LogP contribution is -2.14. The predicted octanol–water partition coefficient (Wildman–Crippen LogP) is 2.76. The molecule has 1 N–H and O–H groups in total. The van der Waals surface area contributed by atoms with Crippen molar-refractivity contribution in [3.63, 3.8) is 0 Å². The number of hydrogen-bond acceptors (Lipinski definition) is 7. The summed E-state index contributed by atoms with van der Waals surface area (Å²) in [5.74, 6) is 1.85. The monoisotopic (exact) mass is 385 g/mol. The van der Waals surface area contributed by atoms with Crippen LogP contribution in [-0.4, -0.2) is 38.5 Å². The first-order valence-electron chi connectivity index (χ1n) is 8.51. The first kappa shape index (κ1) is 17.6. The maximum atomic E-state index is 12.4. The molecule has 0 atom stereocenters. The smallest absolute Gasteiger partial charge is 0.253 e. The number of amides is 1. The maximum absolute atomic E-state index is 12.4. The van der Waals surface area contributed by atoms with E-state index in [-0.39, 0.29) is 12.7 Å². The molecule has 3 heterocycles. The molecule has 140 valence electrons. The SMILES string of the molecule is CSc1nc2nc(C)c(CCC(=O)Nc3ccc4c(c3)OCO4)c(C)n2n1. The Morgan fingerprint density at radius 3 is 2.89 bits per heavy atom. The van der Waals surface area contributed by atoms with E-state index < -0.39 is 0 Å². The fourth-order valence-corrected chi connectivity index (χ4v) is 3.41. The van der Waals surface area contributed by atoms with Gasteiger partial charge in [-0.15, -0.1) is 5.10 Å². The van der Waals surface area contributed by atoms with Gasteiger partial charge in [-0.25, -0.2) is 9.50 Å². The Kier molecular flexibility index (Phi) is 4.61. The van der Waals surface area contributed by atoms with Gasteiger partial charge in [0.15, 0.2) is 11.5 Å². The second-order valence-electron chi connectivity index (χ2n) is 6.19. The number of thioether (sulfide) groups is 1. The van der Waals surface area contributed by atoms with Gasteiger partial charge in [0.25, 0.3) is 5.78 Å². The molecule has 27 heavy (non-hydrogen) atoms. The van der Waals surface area contributed by atoms with Crippen molar-refractivity contribution in [2.45, 2.75) is 31.8 Å². The minimum Gasteiger partial charge on any atom is -0.454 e. The number of rotatable bonds is 5. The third kappa shape index (κ3) is 3.42. The molecule has 0 spiro atoms. The average Bonchev–Trinajstić information content (AvgIpc) is 3.27. The van der Waals surface area contributed by atoms with E-state index in [2.05, 4.69) is 20.4 Å². The van der Waals surface area contributed by atoms with Crippen molar-refractivity contribution < 1.29 is 14.3 Å². The number of ether oxygens (including phenoxy) is 2. The summed E-state index contributed by atoms with van der Waals surface area (Å²) in [6.45, 7) is 4.12. The van der Waals surface area contributed by atoms with E-state index >= 15 is 0 Å². The van der Waals surface area contributed by atoms with Crippen LogP contribution in [0.4, 0.5) is 5.69 Å². The molecule has 8 nitrogen and oxygen atoms in total. The van der Waals surface area contributed by atoms with Gasteiger partial charge in [-0.2, -0.15) is 4.98 Å². The second-order valence-corrected chi connectivity index (χ2v) is 6.96. The molecule has 9 heteroatoms. The van der Waals surface area contributed by atoms with Gasteiger partial charge in [-0.05, 0) is 44.2 Å². The topological polar surface area (TPSA) is 90.6 Å². The van der Waals surface area contributed by atoms with Crippen LogP contribution in [0.5, 0.6) is 11.5 Å². The Labute approximate surface area is 160 Å². The summed E-state index contributed by atoms with van der Waals surface area (Å²) in [5, 5.41) is 8.02. The lowest BCUT2D eigenvalue weighted by molar-refractivity contribution is -0.116. The normalized spacial score (nSPS) is 12.6. The summed E-state index contributed by atoms with van der Waals surface area (Å²) < 4.78 is 12.4. The quantitative estimate of drug-likeness (QED) is 0.675. The van der Waals surface area contributed by atoms with Gasteiger partial charge in [-0.3, -0.25) is 4.79 Å². The van der Waals surface area contributed by atoms with Crippen LogP contribution in [0.3, 0.4) is 0 Å². The number of aryl methyl sites for hydroxylation is 2. The van der Waals surface area contributed by atoms with Crippen molar-refractivity contribution >= 4 is 29.1 Å². The highest BCUT2D eigenvalue weighted by Gasteiger charge is 2.16. The zero-order chi connectivity index (χ0) is 19.0. The molecule has 0 unspecified atom stereocenters.